The highest BCUT2D eigenvalue weighted by atomic mass is 35.5. The van der Waals surface area contributed by atoms with Crippen LogP contribution in [0.2, 0.25) is 10.0 Å². The molecule has 2 aromatic carbocycles. The molecule has 0 bridgehead atoms. The Hall–Kier alpha value is -2.04. The summed E-state index contributed by atoms with van der Waals surface area (Å²) in [6, 6.07) is 13.8. The van der Waals surface area contributed by atoms with Gasteiger partial charge < -0.3 is 10.1 Å². The van der Waals surface area contributed by atoms with Crippen molar-refractivity contribution in [1.29, 1.82) is 0 Å². The highest BCUT2D eigenvalue weighted by Crippen LogP contribution is 2.21. The first kappa shape index (κ1) is 17.3. The van der Waals surface area contributed by atoms with Gasteiger partial charge in [0.2, 0.25) is 0 Å². The van der Waals surface area contributed by atoms with Crippen molar-refractivity contribution < 1.29 is 14.3 Å². The molecular formula is C17H15Cl2NO3. The van der Waals surface area contributed by atoms with Crippen molar-refractivity contribution in [3.05, 3.63) is 64.1 Å². The smallest absolute Gasteiger partial charge is 0.311 e. The third-order valence-electron chi connectivity index (χ3n) is 3.07. The number of benzene rings is 2. The van der Waals surface area contributed by atoms with Gasteiger partial charge in [-0.1, -0.05) is 47.5 Å². The maximum absolute atomic E-state index is 12.0. The number of carbonyl (C=O) groups excluding carboxylic acids is 2. The second-order valence-electron chi connectivity index (χ2n) is 4.90. The number of halogens is 2. The Labute approximate surface area is 144 Å². The standard InChI is InChI=1S/C17H15Cl2NO3/c1-11(17(22)20-14-5-3-2-4-6-14)23-16(21)9-12-7-8-13(18)10-15(12)19/h2-8,10-11H,9H2,1H3,(H,20,22)/t11-/m0/s1. The maximum Gasteiger partial charge on any atom is 0.311 e. The Kier molecular flexibility index (Phi) is 6.02. The molecule has 0 spiro atoms. The molecule has 0 unspecified atom stereocenters. The van der Waals surface area contributed by atoms with Crippen LogP contribution in [-0.4, -0.2) is 18.0 Å². The van der Waals surface area contributed by atoms with Crippen LogP contribution in [0.1, 0.15) is 12.5 Å². The molecule has 1 N–H and O–H groups in total. The fourth-order valence-electron chi connectivity index (χ4n) is 1.88. The van der Waals surface area contributed by atoms with Crippen LogP contribution in [0, 0.1) is 0 Å². The number of ether oxygens (including phenoxy) is 1. The van der Waals surface area contributed by atoms with Crippen molar-refractivity contribution in [1.82, 2.24) is 0 Å². The number of hydrogen-bond donors (Lipinski definition) is 1. The zero-order valence-corrected chi connectivity index (χ0v) is 13.9. The quantitative estimate of drug-likeness (QED) is 0.824. The minimum Gasteiger partial charge on any atom is -0.452 e. The van der Waals surface area contributed by atoms with E-state index in [0.717, 1.165) is 0 Å². The number of esters is 1. The summed E-state index contributed by atoms with van der Waals surface area (Å²) < 4.78 is 5.13. The lowest BCUT2D eigenvalue weighted by Gasteiger charge is -2.14. The van der Waals surface area contributed by atoms with Gasteiger partial charge in [-0.15, -0.1) is 0 Å². The molecular weight excluding hydrogens is 337 g/mol. The average molecular weight is 352 g/mol. The molecule has 4 nitrogen and oxygen atoms in total. The summed E-state index contributed by atoms with van der Waals surface area (Å²) >= 11 is 11.8. The van der Waals surface area contributed by atoms with E-state index in [4.69, 9.17) is 27.9 Å². The van der Waals surface area contributed by atoms with Crippen LogP contribution in [0.15, 0.2) is 48.5 Å². The summed E-state index contributed by atoms with van der Waals surface area (Å²) in [7, 11) is 0. The van der Waals surface area contributed by atoms with Crippen molar-refractivity contribution in [2.24, 2.45) is 0 Å². The molecule has 0 heterocycles. The Morgan fingerprint density at radius 1 is 1.13 bits per heavy atom. The monoisotopic (exact) mass is 351 g/mol. The van der Waals surface area contributed by atoms with Crippen molar-refractivity contribution in [2.45, 2.75) is 19.4 Å². The Bertz CT molecular complexity index is 704. The number of nitrogens with one attached hydrogen (secondary N) is 1. The predicted octanol–water partition coefficient (Wildman–Crippen LogP) is 4.11. The van der Waals surface area contributed by atoms with Gasteiger partial charge in [-0.25, -0.2) is 0 Å². The van der Waals surface area contributed by atoms with Crippen LogP contribution in [0.3, 0.4) is 0 Å². The molecule has 0 aliphatic rings. The number of hydrogen-bond acceptors (Lipinski definition) is 3. The highest BCUT2D eigenvalue weighted by molar-refractivity contribution is 6.35. The van der Waals surface area contributed by atoms with Gasteiger partial charge in [-0.2, -0.15) is 0 Å². The van der Waals surface area contributed by atoms with Crippen LogP contribution in [0.4, 0.5) is 5.69 Å². The van der Waals surface area contributed by atoms with E-state index in [1.165, 1.54) is 6.92 Å². The van der Waals surface area contributed by atoms with Gasteiger partial charge in [0.05, 0.1) is 6.42 Å². The van der Waals surface area contributed by atoms with Gasteiger partial charge in [0.25, 0.3) is 5.91 Å². The van der Waals surface area contributed by atoms with E-state index in [-0.39, 0.29) is 6.42 Å². The van der Waals surface area contributed by atoms with Gasteiger partial charge in [0, 0.05) is 15.7 Å². The molecule has 120 valence electrons. The second kappa shape index (κ2) is 7.99. The van der Waals surface area contributed by atoms with Gasteiger partial charge in [0.1, 0.15) is 0 Å². The molecule has 0 aliphatic carbocycles. The summed E-state index contributed by atoms with van der Waals surface area (Å²) in [5.74, 6) is -0.934. The first-order valence-electron chi connectivity index (χ1n) is 6.95. The molecule has 1 atom stereocenters. The maximum atomic E-state index is 12.0. The first-order chi connectivity index (χ1) is 11.0. The molecule has 0 fully saturated rings. The number of carbonyl (C=O) groups is 2. The molecule has 1 amide bonds. The first-order valence-corrected chi connectivity index (χ1v) is 7.70. The molecule has 0 saturated carbocycles. The molecule has 2 aromatic rings. The zero-order valence-electron chi connectivity index (χ0n) is 12.4. The second-order valence-corrected chi connectivity index (χ2v) is 5.74. The minimum atomic E-state index is -0.909. The fraction of sp³-hybridized carbons (Fsp3) is 0.176. The molecule has 0 saturated heterocycles. The van der Waals surface area contributed by atoms with E-state index in [0.29, 0.717) is 21.3 Å². The Morgan fingerprint density at radius 2 is 1.83 bits per heavy atom. The number of anilines is 1. The topological polar surface area (TPSA) is 55.4 Å². The number of amides is 1. The lowest BCUT2D eigenvalue weighted by atomic mass is 10.1. The van der Waals surface area contributed by atoms with Gasteiger partial charge in [-0.3, -0.25) is 9.59 Å². The van der Waals surface area contributed by atoms with Gasteiger partial charge >= 0.3 is 5.97 Å². The molecule has 0 aliphatic heterocycles. The normalized spacial score (nSPS) is 11.6. The fourth-order valence-corrected chi connectivity index (χ4v) is 2.35. The summed E-state index contributed by atoms with van der Waals surface area (Å²) in [5, 5.41) is 3.54. The van der Waals surface area contributed by atoms with E-state index >= 15 is 0 Å². The summed E-state index contributed by atoms with van der Waals surface area (Å²) in [6.07, 6.45) is -0.937. The van der Waals surface area contributed by atoms with Gasteiger partial charge in [-0.05, 0) is 36.8 Å². The zero-order chi connectivity index (χ0) is 16.8. The van der Waals surface area contributed by atoms with Crippen LogP contribution >= 0.6 is 23.2 Å². The molecule has 2 rings (SSSR count). The molecule has 23 heavy (non-hydrogen) atoms. The summed E-state index contributed by atoms with van der Waals surface area (Å²) in [5.41, 5.74) is 1.23. The Balaban J connectivity index is 1.90. The summed E-state index contributed by atoms with van der Waals surface area (Å²) in [6.45, 7) is 1.51. The third kappa shape index (κ3) is 5.27. The van der Waals surface area contributed by atoms with Crippen molar-refractivity contribution in [3.63, 3.8) is 0 Å². The summed E-state index contributed by atoms with van der Waals surface area (Å²) in [4.78, 5) is 23.9. The molecule has 0 radical (unpaired) electrons. The van der Waals surface area contributed by atoms with E-state index in [2.05, 4.69) is 5.32 Å². The van der Waals surface area contributed by atoms with E-state index < -0.39 is 18.0 Å². The van der Waals surface area contributed by atoms with E-state index in [1.54, 1.807) is 42.5 Å². The largest absolute Gasteiger partial charge is 0.452 e. The number of para-hydroxylation sites is 1. The van der Waals surface area contributed by atoms with Crippen molar-refractivity contribution in [3.8, 4) is 0 Å². The van der Waals surface area contributed by atoms with Crippen LogP contribution in [0.5, 0.6) is 0 Å². The van der Waals surface area contributed by atoms with Crippen molar-refractivity contribution >= 4 is 40.8 Å². The lowest BCUT2D eigenvalue weighted by molar-refractivity contribution is -0.152. The van der Waals surface area contributed by atoms with Crippen LogP contribution in [0.25, 0.3) is 0 Å². The highest BCUT2D eigenvalue weighted by Gasteiger charge is 2.18. The third-order valence-corrected chi connectivity index (χ3v) is 3.66. The molecule has 6 heteroatoms. The Morgan fingerprint density at radius 3 is 2.48 bits per heavy atom. The lowest BCUT2D eigenvalue weighted by Crippen LogP contribution is -2.30. The van der Waals surface area contributed by atoms with Crippen LogP contribution < -0.4 is 5.32 Å². The molecule has 0 aromatic heterocycles. The average Bonchev–Trinajstić information content (AvgIpc) is 2.51. The van der Waals surface area contributed by atoms with Gasteiger partial charge in [0.15, 0.2) is 6.10 Å². The van der Waals surface area contributed by atoms with E-state index in [1.807, 2.05) is 6.07 Å². The van der Waals surface area contributed by atoms with Crippen LogP contribution in [-0.2, 0) is 20.7 Å². The SMILES string of the molecule is C[C@H](OC(=O)Cc1ccc(Cl)cc1Cl)C(=O)Nc1ccccc1. The predicted molar refractivity (Wildman–Crippen MR) is 90.8 cm³/mol. The minimum absolute atomic E-state index is 0.0288. The van der Waals surface area contributed by atoms with Crippen molar-refractivity contribution in [2.75, 3.05) is 5.32 Å². The number of rotatable bonds is 5. The van der Waals surface area contributed by atoms with E-state index in [9.17, 15) is 9.59 Å².